The molecule has 1 aromatic carbocycles. The number of ether oxygens (including phenoxy) is 2. The predicted octanol–water partition coefficient (Wildman–Crippen LogP) is 2.55. The quantitative estimate of drug-likeness (QED) is 0.838. The largest absolute Gasteiger partial charge is 0.493 e. The van der Waals surface area contributed by atoms with Crippen LogP contribution in [-0.2, 0) is 0 Å². The maximum atomic E-state index is 6.09. The summed E-state index contributed by atoms with van der Waals surface area (Å²) in [6.07, 6.45) is 1.39. The number of hydrogen-bond acceptors (Lipinski definition) is 6. The van der Waals surface area contributed by atoms with Gasteiger partial charge in [0.05, 0.1) is 12.1 Å². The summed E-state index contributed by atoms with van der Waals surface area (Å²) in [5, 5.41) is 3.24. The molecule has 2 rings (SSSR count). The molecule has 0 spiro atoms. The fourth-order valence-corrected chi connectivity index (χ4v) is 1.73. The second kappa shape index (κ2) is 5.62. The highest BCUT2D eigenvalue weighted by molar-refractivity contribution is 6.32. The van der Waals surface area contributed by atoms with E-state index in [1.54, 1.807) is 25.2 Å². The Labute approximate surface area is 115 Å². The Morgan fingerprint density at radius 2 is 2.05 bits per heavy atom. The fraction of sp³-hybridized carbons (Fsp3) is 0.167. The maximum absolute atomic E-state index is 6.09. The summed E-state index contributed by atoms with van der Waals surface area (Å²) in [6.45, 7) is 0. The molecule has 0 atom stereocenters. The minimum absolute atomic E-state index is 0.349. The smallest absolute Gasteiger partial charge is 0.224 e. The standard InChI is InChI=1S/C12H13ClN4O2/c1-15-10-5-11(17-6-16-10)19-12-8(13)3-7(14)4-9(12)18-2/h3-6H,14H2,1-2H3,(H,15,16,17). The average molecular weight is 281 g/mol. The second-order valence-corrected chi connectivity index (χ2v) is 4.03. The van der Waals surface area contributed by atoms with Crippen LogP contribution in [0.3, 0.4) is 0 Å². The van der Waals surface area contributed by atoms with Crippen molar-refractivity contribution >= 4 is 23.1 Å². The minimum atomic E-state index is 0.349. The minimum Gasteiger partial charge on any atom is -0.493 e. The van der Waals surface area contributed by atoms with Gasteiger partial charge >= 0.3 is 0 Å². The van der Waals surface area contributed by atoms with Crippen molar-refractivity contribution in [3.05, 3.63) is 29.5 Å². The molecule has 0 amide bonds. The number of benzene rings is 1. The highest BCUT2D eigenvalue weighted by Crippen LogP contribution is 2.39. The zero-order chi connectivity index (χ0) is 13.8. The first kappa shape index (κ1) is 13.2. The Hall–Kier alpha value is -2.21. The van der Waals surface area contributed by atoms with Crippen molar-refractivity contribution in [1.82, 2.24) is 9.97 Å². The number of nitrogens with two attached hydrogens (primary N) is 1. The van der Waals surface area contributed by atoms with Crippen LogP contribution < -0.4 is 20.5 Å². The van der Waals surface area contributed by atoms with Crippen LogP contribution >= 0.6 is 11.6 Å². The first-order chi connectivity index (χ1) is 9.13. The second-order valence-electron chi connectivity index (χ2n) is 3.63. The molecule has 0 aliphatic heterocycles. The van der Waals surface area contributed by atoms with E-state index < -0.39 is 0 Å². The van der Waals surface area contributed by atoms with Crippen LogP contribution in [0.2, 0.25) is 5.02 Å². The van der Waals surface area contributed by atoms with Crippen LogP contribution in [0, 0.1) is 0 Å². The van der Waals surface area contributed by atoms with Gasteiger partial charge in [0.15, 0.2) is 11.5 Å². The molecule has 0 aliphatic rings. The van der Waals surface area contributed by atoms with E-state index in [9.17, 15) is 0 Å². The van der Waals surface area contributed by atoms with E-state index in [1.165, 1.54) is 13.4 Å². The summed E-state index contributed by atoms with van der Waals surface area (Å²) in [5.41, 5.74) is 6.18. The van der Waals surface area contributed by atoms with E-state index in [-0.39, 0.29) is 0 Å². The molecule has 19 heavy (non-hydrogen) atoms. The first-order valence-electron chi connectivity index (χ1n) is 5.44. The van der Waals surface area contributed by atoms with Gasteiger partial charge in [-0.3, -0.25) is 0 Å². The number of halogens is 1. The van der Waals surface area contributed by atoms with E-state index in [1.807, 2.05) is 0 Å². The molecule has 0 saturated heterocycles. The van der Waals surface area contributed by atoms with Gasteiger partial charge in [-0.15, -0.1) is 0 Å². The lowest BCUT2D eigenvalue weighted by molar-refractivity contribution is 0.374. The van der Waals surface area contributed by atoms with E-state index in [0.29, 0.717) is 33.9 Å². The molecule has 2 aromatic rings. The molecule has 0 saturated carbocycles. The van der Waals surface area contributed by atoms with Gasteiger partial charge in [-0.25, -0.2) is 9.97 Å². The number of methoxy groups -OCH3 is 1. The van der Waals surface area contributed by atoms with Crippen molar-refractivity contribution in [2.45, 2.75) is 0 Å². The first-order valence-corrected chi connectivity index (χ1v) is 5.82. The summed E-state index contributed by atoms with van der Waals surface area (Å²) >= 11 is 6.09. The lowest BCUT2D eigenvalue weighted by Gasteiger charge is -2.12. The van der Waals surface area contributed by atoms with Gasteiger partial charge < -0.3 is 20.5 Å². The van der Waals surface area contributed by atoms with Crippen molar-refractivity contribution in [3.63, 3.8) is 0 Å². The monoisotopic (exact) mass is 280 g/mol. The van der Waals surface area contributed by atoms with Gasteiger partial charge in [0.1, 0.15) is 12.1 Å². The summed E-state index contributed by atoms with van der Waals surface area (Å²) in [4.78, 5) is 7.99. The Balaban J connectivity index is 2.37. The Kier molecular flexibility index (Phi) is 3.91. The predicted molar refractivity (Wildman–Crippen MR) is 74.1 cm³/mol. The van der Waals surface area contributed by atoms with Gasteiger partial charge in [0.2, 0.25) is 5.88 Å². The van der Waals surface area contributed by atoms with Crippen LogP contribution in [0.15, 0.2) is 24.5 Å². The Morgan fingerprint density at radius 1 is 1.26 bits per heavy atom. The third-order valence-electron chi connectivity index (χ3n) is 2.36. The molecule has 0 fully saturated rings. The van der Waals surface area contributed by atoms with Gasteiger partial charge in [-0.1, -0.05) is 11.6 Å². The zero-order valence-corrected chi connectivity index (χ0v) is 11.2. The topological polar surface area (TPSA) is 82.3 Å². The third-order valence-corrected chi connectivity index (χ3v) is 2.64. The van der Waals surface area contributed by atoms with E-state index in [0.717, 1.165) is 0 Å². The maximum Gasteiger partial charge on any atom is 0.224 e. The van der Waals surface area contributed by atoms with Gasteiger partial charge in [0.25, 0.3) is 0 Å². The van der Waals surface area contributed by atoms with Crippen LogP contribution in [-0.4, -0.2) is 24.1 Å². The van der Waals surface area contributed by atoms with Crippen molar-refractivity contribution in [3.8, 4) is 17.4 Å². The fourth-order valence-electron chi connectivity index (χ4n) is 1.48. The van der Waals surface area contributed by atoms with E-state index in [2.05, 4.69) is 15.3 Å². The molecule has 1 aromatic heterocycles. The van der Waals surface area contributed by atoms with E-state index >= 15 is 0 Å². The highest BCUT2D eigenvalue weighted by Gasteiger charge is 2.13. The lowest BCUT2D eigenvalue weighted by Crippen LogP contribution is -1.97. The molecular formula is C12H13ClN4O2. The molecule has 0 bridgehead atoms. The number of rotatable bonds is 4. The number of nitrogen functional groups attached to an aromatic ring is 1. The number of aromatic nitrogens is 2. The number of anilines is 2. The Bertz CT molecular complexity index is 592. The number of nitrogens with zero attached hydrogens (tertiary/aromatic N) is 2. The average Bonchev–Trinajstić information content (AvgIpc) is 2.41. The normalized spacial score (nSPS) is 10.1. The van der Waals surface area contributed by atoms with Crippen LogP contribution in [0.25, 0.3) is 0 Å². The van der Waals surface area contributed by atoms with Crippen molar-refractivity contribution in [2.75, 3.05) is 25.2 Å². The third kappa shape index (κ3) is 2.97. The van der Waals surface area contributed by atoms with Crippen LogP contribution in [0.1, 0.15) is 0 Å². The van der Waals surface area contributed by atoms with Crippen molar-refractivity contribution < 1.29 is 9.47 Å². The summed E-state index contributed by atoms with van der Waals surface area (Å²) < 4.78 is 10.8. The molecule has 100 valence electrons. The van der Waals surface area contributed by atoms with Gasteiger partial charge in [-0.2, -0.15) is 0 Å². The SMILES string of the molecule is CNc1cc(Oc2c(Cl)cc(N)cc2OC)ncn1. The van der Waals surface area contributed by atoms with E-state index in [4.69, 9.17) is 26.8 Å². The van der Waals surface area contributed by atoms with Gasteiger partial charge in [-0.05, 0) is 6.07 Å². The molecule has 3 N–H and O–H groups in total. The van der Waals surface area contributed by atoms with Crippen molar-refractivity contribution in [2.24, 2.45) is 0 Å². The van der Waals surface area contributed by atoms with Crippen LogP contribution in [0.4, 0.5) is 11.5 Å². The zero-order valence-electron chi connectivity index (χ0n) is 10.5. The molecular weight excluding hydrogens is 268 g/mol. The molecule has 0 radical (unpaired) electrons. The molecule has 0 unspecified atom stereocenters. The molecule has 1 heterocycles. The summed E-state index contributed by atoms with van der Waals surface area (Å²) in [6, 6.07) is 4.85. The van der Waals surface area contributed by atoms with Gasteiger partial charge in [0, 0.05) is 24.9 Å². The summed E-state index contributed by atoms with van der Waals surface area (Å²) in [5.74, 6) is 1.79. The molecule has 7 heteroatoms. The number of nitrogens with one attached hydrogen (secondary N) is 1. The lowest BCUT2D eigenvalue weighted by atomic mass is 10.3. The summed E-state index contributed by atoms with van der Waals surface area (Å²) in [7, 11) is 3.26. The number of hydrogen-bond donors (Lipinski definition) is 2. The molecule has 6 nitrogen and oxygen atoms in total. The van der Waals surface area contributed by atoms with Crippen molar-refractivity contribution in [1.29, 1.82) is 0 Å². The Morgan fingerprint density at radius 3 is 2.74 bits per heavy atom. The highest BCUT2D eigenvalue weighted by atomic mass is 35.5. The molecule has 0 aliphatic carbocycles. The van der Waals surface area contributed by atoms with Crippen LogP contribution in [0.5, 0.6) is 17.4 Å².